The topological polar surface area (TPSA) is 73.0 Å². The average Bonchev–Trinajstić information content (AvgIpc) is 3.23. The molecule has 0 aliphatic rings. The number of amides is 1. The van der Waals surface area contributed by atoms with E-state index in [1.54, 1.807) is 6.26 Å². The zero-order valence-electron chi connectivity index (χ0n) is 16.1. The molecule has 0 bridgehead atoms. The summed E-state index contributed by atoms with van der Waals surface area (Å²) in [6, 6.07) is 7.87. The quantitative estimate of drug-likeness (QED) is 0.603. The number of hydrogen-bond acceptors (Lipinski definition) is 5. The summed E-state index contributed by atoms with van der Waals surface area (Å²) in [6.45, 7) is 8.79. The molecule has 0 atom stereocenters. The van der Waals surface area contributed by atoms with Gasteiger partial charge in [-0.25, -0.2) is 0 Å². The van der Waals surface area contributed by atoms with Crippen molar-refractivity contribution in [2.24, 2.45) is 0 Å². The minimum atomic E-state index is -0.0514. The normalized spacial score (nSPS) is 11.0. The van der Waals surface area contributed by atoms with Gasteiger partial charge in [-0.1, -0.05) is 36.9 Å². The van der Waals surface area contributed by atoms with Crippen LogP contribution >= 0.6 is 11.8 Å². The molecule has 0 saturated heterocycles. The van der Waals surface area contributed by atoms with Crippen molar-refractivity contribution in [3.8, 4) is 11.4 Å². The molecular formula is C20H24N4O2S. The van der Waals surface area contributed by atoms with Crippen molar-refractivity contribution in [1.82, 2.24) is 14.8 Å². The fraction of sp³-hybridized carbons (Fsp3) is 0.350. The van der Waals surface area contributed by atoms with E-state index in [4.69, 9.17) is 4.42 Å². The molecule has 2 aromatic heterocycles. The van der Waals surface area contributed by atoms with E-state index in [9.17, 15) is 4.79 Å². The Morgan fingerprint density at radius 2 is 1.93 bits per heavy atom. The van der Waals surface area contributed by atoms with E-state index in [-0.39, 0.29) is 11.7 Å². The molecule has 0 aliphatic carbocycles. The number of benzene rings is 1. The number of anilines is 1. The number of hydrogen-bond donors (Lipinski definition) is 1. The highest BCUT2D eigenvalue weighted by Gasteiger charge is 2.18. The first-order chi connectivity index (χ1) is 13.0. The number of thioether (sulfide) groups is 1. The minimum absolute atomic E-state index is 0.0514. The van der Waals surface area contributed by atoms with Gasteiger partial charge in [0.05, 0.1) is 17.6 Å². The predicted octanol–water partition coefficient (Wildman–Crippen LogP) is 4.60. The number of carbonyl (C=O) groups excluding carboxylic acids is 1. The largest absolute Gasteiger partial charge is 0.469 e. The highest BCUT2D eigenvalue weighted by molar-refractivity contribution is 7.99. The average molecular weight is 385 g/mol. The van der Waals surface area contributed by atoms with E-state index in [1.807, 2.05) is 45.0 Å². The minimum Gasteiger partial charge on any atom is -0.469 e. The summed E-state index contributed by atoms with van der Waals surface area (Å²) in [6.07, 6.45) is 2.60. The predicted molar refractivity (Wildman–Crippen MR) is 108 cm³/mol. The number of nitrogens with zero attached hydrogens (tertiary/aromatic N) is 3. The molecule has 1 N–H and O–H groups in total. The highest BCUT2D eigenvalue weighted by atomic mass is 32.2. The zero-order chi connectivity index (χ0) is 19.4. The lowest BCUT2D eigenvalue weighted by molar-refractivity contribution is -0.113. The Kier molecular flexibility index (Phi) is 6.01. The molecule has 3 rings (SSSR count). The van der Waals surface area contributed by atoms with Crippen LogP contribution in [0.15, 0.2) is 40.1 Å². The molecule has 0 fully saturated rings. The first-order valence-corrected chi connectivity index (χ1v) is 9.96. The van der Waals surface area contributed by atoms with Crippen LogP contribution in [0, 0.1) is 20.8 Å². The van der Waals surface area contributed by atoms with Crippen LogP contribution in [0.2, 0.25) is 0 Å². The van der Waals surface area contributed by atoms with Crippen LogP contribution in [0.1, 0.15) is 30.2 Å². The summed E-state index contributed by atoms with van der Waals surface area (Å²) >= 11 is 1.40. The van der Waals surface area contributed by atoms with Crippen LogP contribution in [-0.2, 0) is 11.3 Å². The number of rotatable bonds is 7. The second kappa shape index (κ2) is 8.43. The van der Waals surface area contributed by atoms with Gasteiger partial charge in [-0.15, -0.1) is 10.2 Å². The lowest BCUT2D eigenvalue weighted by Gasteiger charge is -2.11. The molecule has 142 valence electrons. The Labute approximate surface area is 163 Å². The van der Waals surface area contributed by atoms with Crippen LogP contribution in [0.5, 0.6) is 0 Å². The van der Waals surface area contributed by atoms with Crippen LogP contribution < -0.4 is 5.32 Å². The van der Waals surface area contributed by atoms with Crippen LogP contribution in [0.3, 0.4) is 0 Å². The smallest absolute Gasteiger partial charge is 0.234 e. The number of aryl methyl sites for hydroxylation is 3. The Balaban J connectivity index is 1.73. The lowest BCUT2D eigenvalue weighted by Crippen LogP contribution is -2.16. The van der Waals surface area contributed by atoms with Gasteiger partial charge in [0.1, 0.15) is 5.76 Å². The third-order valence-electron chi connectivity index (χ3n) is 4.34. The van der Waals surface area contributed by atoms with E-state index in [1.165, 1.54) is 11.8 Å². The van der Waals surface area contributed by atoms with Gasteiger partial charge < -0.3 is 14.3 Å². The molecule has 0 aliphatic heterocycles. The van der Waals surface area contributed by atoms with Gasteiger partial charge in [0.25, 0.3) is 0 Å². The Hall–Kier alpha value is -2.54. The SMILES string of the molecule is CCCn1c(SCC(=O)Nc2c(C)cccc2C)nnc1-c1ccoc1C. The molecule has 7 heteroatoms. The monoisotopic (exact) mass is 384 g/mol. The molecule has 2 heterocycles. The molecule has 0 spiro atoms. The van der Waals surface area contributed by atoms with Crippen LogP contribution in [-0.4, -0.2) is 26.4 Å². The number of para-hydroxylation sites is 1. The van der Waals surface area contributed by atoms with Gasteiger partial charge in [0, 0.05) is 12.2 Å². The van der Waals surface area contributed by atoms with E-state index in [2.05, 4.69) is 27.0 Å². The number of nitrogens with one attached hydrogen (secondary N) is 1. The van der Waals surface area contributed by atoms with E-state index < -0.39 is 0 Å². The van der Waals surface area contributed by atoms with Gasteiger partial charge in [-0.05, 0) is 44.4 Å². The Morgan fingerprint density at radius 1 is 1.19 bits per heavy atom. The standard InChI is InChI=1S/C20H24N4O2S/c1-5-10-24-19(16-9-11-26-15(16)4)22-23-20(24)27-12-17(25)21-18-13(2)7-6-8-14(18)3/h6-9,11H,5,10,12H2,1-4H3,(H,21,25). The van der Waals surface area contributed by atoms with E-state index in [0.29, 0.717) is 0 Å². The van der Waals surface area contributed by atoms with Crippen molar-refractivity contribution in [3.63, 3.8) is 0 Å². The number of carbonyl (C=O) groups is 1. The number of aromatic nitrogens is 3. The fourth-order valence-electron chi connectivity index (χ4n) is 2.95. The molecular weight excluding hydrogens is 360 g/mol. The third-order valence-corrected chi connectivity index (χ3v) is 5.31. The van der Waals surface area contributed by atoms with Gasteiger partial charge in [0.2, 0.25) is 5.91 Å². The summed E-state index contributed by atoms with van der Waals surface area (Å²) in [5, 5.41) is 12.4. The maximum Gasteiger partial charge on any atom is 0.234 e. The second-order valence-electron chi connectivity index (χ2n) is 6.45. The number of furan rings is 1. The molecule has 1 aromatic carbocycles. The molecule has 0 radical (unpaired) electrons. The summed E-state index contributed by atoms with van der Waals surface area (Å²) in [5.41, 5.74) is 3.93. The summed E-state index contributed by atoms with van der Waals surface area (Å²) in [5.74, 6) is 1.81. The van der Waals surface area contributed by atoms with Gasteiger partial charge in [-0.3, -0.25) is 4.79 Å². The lowest BCUT2D eigenvalue weighted by atomic mass is 10.1. The van der Waals surface area contributed by atoms with Crippen molar-refractivity contribution in [2.75, 3.05) is 11.1 Å². The van der Waals surface area contributed by atoms with E-state index >= 15 is 0 Å². The first kappa shape index (κ1) is 19.2. The summed E-state index contributed by atoms with van der Waals surface area (Å²) in [7, 11) is 0. The van der Waals surface area contributed by atoms with Crippen molar-refractivity contribution < 1.29 is 9.21 Å². The van der Waals surface area contributed by atoms with Crippen molar-refractivity contribution in [3.05, 3.63) is 47.4 Å². The Bertz CT molecular complexity index is 925. The highest BCUT2D eigenvalue weighted by Crippen LogP contribution is 2.27. The Morgan fingerprint density at radius 3 is 2.56 bits per heavy atom. The van der Waals surface area contributed by atoms with Crippen LogP contribution in [0.25, 0.3) is 11.4 Å². The molecule has 0 unspecified atom stereocenters. The zero-order valence-corrected chi connectivity index (χ0v) is 16.9. The third kappa shape index (κ3) is 4.24. The summed E-state index contributed by atoms with van der Waals surface area (Å²) < 4.78 is 7.45. The van der Waals surface area contributed by atoms with Crippen LogP contribution in [0.4, 0.5) is 5.69 Å². The molecule has 27 heavy (non-hydrogen) atoms. The maximum absolute atomic E-state index is 12.4. The molecule has 6 nitrogen and oxygen atoms in total. The molecule has 3 aromatic rings. The van der Waals surface area contributed by atoms with Gasteiger partial charge in [-0.2, -0.15) is 0 Å². The van der Waals surface area contributed by atoms with Crippen molar-refractivity contribution >= 4 is 23.4 Å². The summed E-state index contributed by atoms with van der Waals surface area (Å²) in [4.78, 5) is 12.4. The maximum atomic E-state index is 12.4. The second-order valence-corrected chi connectivity index (χ2v) is 7.39. The fourth-order valence-corrected chi connectivity index (χ4v) is 3.72. The van der Waals surface area contributed by atoms with Gasteiger partial charge in [0.15, 0.2) is 11.0 Å². The van der Waals surface area contributed by atoms with Crippen molar-refractivity contribution in [2.45, 2.75) is 45.8 Å². The van der Waals surface area contributed by atoms with Crippen molar-refractivity contribution in [1.29, 1.82) is 0 Å². The van der Waals surface area contributed by atoms with Gasteiger partial charge >= 0.3 is 0 Å². The molecule has 0 saturated carbocycles. The van der Waals surface area contributed by atoms with E-state index in [0.717, 1.165) is 52.1 Å². The molecule has 1 amide bonds. The first-order valence-electron chi connectivity index (χ1n) is 8.97.